The molecule has 190 valence electrons. The van der Waals surface area contributed by atoms with E-state index in [1.807, 2.05) is 0 Å². The number of hydrogen-bond acceptors (Lipinski definition) is 4. The summed E-state index contributed by atoms with van der Waals surface area (Å²) < 4.78 is 40.3. The zero-order chi connectivity index (χ0) is 25.6. The first-order valence-electron chi connectivity index (χ1n) is 11.6. The third-order valence-corrected chi connectivity index (χ3v) is 7.79. The van der Waals surface area contributed by atoms with Crippen molar-refractivity contribution in [2.24, 2.45) is 0 Å². The Morgan fingerprint density at radius 2 is 1.77 bits per heavy atom. The number of benzene rings is 2. The Kier molecular flexibility index (Phi) is 9.29. The van der Waals surface area contributed by atoms with Crippen LogP contribution in [0.4, 0.5) is 10.1 Å². The van der Waals surface area contributed by atoms with Crippen LogP contribution < -0.4 is 9.62 Å². The largest absolute Gasteiger partial charge is 0.352 e. The molecule has 1 N–H and O–H groups in total. The lowest BCUT2D eigenvalue weighted by Crippen LogP contribution is -2.52. The molecule has 1 fully saturated rings. The Bertz CT molecular complexity index is 1140. The highest BCUT2D eigenvalue weighted by Crippen LogP contribution is 2.23. The first-order chi connectivity index (χ1) is 16.5. The zero-order valence-corrected chi connectivity index (χ0v) is 22.3. The monoisotopic (exact) mass is 567 g/mol. The van der Waals surface area contributed by atoms with Crippen molar-refractivity contribution in [3.8, 4) is 0 Å². The first kappa shape index (κ1) is 27.1. The van der Waals surface area contributed by atoms with E-state index in [0.29, 0.717) is 15.7 Å². The van der Waals surface area contributed by atoms with Crippen LogP contribution in [-0.4, -0.2) is 50.0 Å². The summed E-state index contributed by atoms with van der Waals surface area (Å²) in [6.07, 6.45) is 6.07. The van der Waals surface area contributed by atoms with E-state index in [0.717, 1.165) is 42.7 Å². The van der Waals surface area contributed by atoms with Crippen LogP contribution >= 0.6 is 15.9 Å². The summed E-state index contributed by atoms with van der Waals surface area (Å²) in [4.78, 5) is 28.0. The van der Waals surface area contributed by atoms with Gasteiger partial charge in [-0.05, 0) is 55.7 Å². The van der Waals surface area contributed by atoms with Crippen LogP contribution in [-0.2, 0) is 26.2 Å². The van der Waals surface area contributed by atoms with Crippen molar-refractivity contribution in [3.05, 3.63) is 64.4 Å². The van der Waals surface area contributed by atoms with E-state index in [9.17, 15) is 22.4 Å². The van der Waals surface area contributed by atoms with Crippen molar-refractivity contribution in [2.75, 3.05) is 17.1 Å². The fraction of sp³-hybridized carbons (Fsp3) is 0.440. The van der Waals surface area contributed by atoms with Crippen LogP contribution in [0.1, 0.15) is 44.6 Å². The second-order valence-electron chi connectivity index (χ2n) is 8.92. The van der Waals surface area contributed by atoms with Crippen molar-refractivity contribution < 1.29 is 22.4 Å². The van der Waals surface area contributed by atoms with Crippen molar-refractivity contribution in [3.63, 3.8) is 0 Å². The molecule has 2 amide bonds. The molecule has 0 aliphatic heterocycles. The summed E-state index contributed by atoms with van der Waals surface area (Å²) in [5.74, 6) is -1.24. The molecule has 0 heterocycles. The van der Waals surface area contributed by atoms with Gasteiger partial charge in [0.1, 0.15) is 18.4 Å². The van der Waals surface area contributed by atoms with Crippen LogP contribution in [0.5, 0.6) is 0 Å². The number of anilines is 1. The highest BCUT2D eigenvalue weighted by atomic mass is 79.9. The van der Waals surface area contributed by atoms with Crippen molar-refractivity contribution >= 4 is 43.5 Å². The van der Waals surface area contributed by atoms with Gasteiger partial charge in [-0.1, -0.05) is 53.4 Å². The van der Waals surface area contributed by atoms with Gasteiger partial charge in [-0.2, -0.15) is 0 Å². The molecule has 2 aromatic carbocycles. The average Bonchev–Trinajstić information content (AvgIpc) is 2.81. The molecule has 1 aliphatic carbocycles. The summed E-state index contributed by atoms with van der Waals surface area (Å²) in [6, 6.07) is 11.5. The lowest BCUT2D eigenvalue weighted by molar-refractivity contribution is -0.139. The summed E-state index contributed by atoms with van der Waals surface area (Å²) in [5, 5.41) is 3.04. The molecule has 35 heavy (non-hydrogen) atoms. The van der Waals surface area contributed by atoms with Crippen molar-refractivity contribution in [1.29, 1.82) is 0 Å². The van der Waals surface area contributed by atoms with Gasteiger partial charge in [0.05, 0.1) is 11.9 Å². The van der Waals surface area contributed by atoms with Gasteiger partial charge in [-0.25, -0.2) is 12.8 Å². The third-order valence-electron chi connectivity index (χ3n) is 6.16. The van der Waals surface area contributed by atoms with E-state index in [-0.39, 0.29) is 18.5 Å². The SMILES string of the molecule is C[C@H](C(=O)NC1CCCCC1)N(Cc1ccc(F)cc1)C(=O)CN(c1cccc(Br)c1)S(C)(=O)=O. The van der Waals surface area contributed by atoms with Gasteiger partial charge in [-0.15, -0.1) is 0 Å². The van der Waals surface area contributed by atoms with Gasteiger partial charge in [0.25, 0.3) is 0 Å². The normalized spacial score (nSPS) is 15.3. The van der Waals surface area contributed by atoms with E-state index in [1.54, 1.807) is 43.3 Å². The highest BCUT2D eigenvalue weighted by molar-refractivity contribution is 9.10. The predicted octanol–water partition coefficient (Wildman–Crippen LogP) is 4.22. The quantitative estimate of drug-likeness (QED) is 0.491. The van der Waals surface area contributed by atoms with E-state index in [4.69, 9.17) is 0 Å². The van der Waals surface area contributed by atoms with Gasteiger partial charge >= 0.3 is 0 Å². The van der Waals surface area contributed by atoms with Crippen molar-refractivity contribution in [1.82, 2.24) is 10.2 Å². The fourth-order valence-corrected chi connectivity index (χ4v) is 5.41. The molecule has 3 rings (SSSR count). The maximum atomic E-state index is 13.5. The first-order valence-corrected chi connectivity index (χ1v) is 14.3. The van der Waals surface area contributed by atoms with Gasteiger partial charge in [-0.3, -0.25) is 13.9 Å². The molecular weight excluding hydrogens is 537 g/mol. The topological polar surface area (TPSA) is 86.8 Å². The molecule has 0 bridgehead atoms. The van der Waals surface area contributed by atoms with E-state index < -0.39 is 34.3 Å². The van der Waals surface area contributed by atoms with E-state index in [1.165, 1.54) is 17.0 Å². The molecule has 7 nitrogen and oxygen atoms in total. The van der Waals surface area contributed by atoms with Crippen LogP contribution in [0.25, 0.3) is 0 Å². The molecule has 1 saturated carbocycles. The van der Waals surface area contributed by atoms with Crippen LogP contribution in [0.2, 0.25) is 0 Å². The summed E-state index contributed by atoms with van der Waals surface area (Å²) >= 11 is 3.33. The standard InChI is InChI=1S/C25H31BrFN3O4S/c1-18(25(32)28-22-8-4-3-5-9-22)29(16-19-11-13-21(27)14-12-19)24(31)17-30(35(2,33)34)23-10-6-7-20(26)15-23/h6-7,10-15,18,22H,3-5,8-9,16-17H2,1-2H3,(H,28,32)/t18-/m1/s1. The number of rotatable bonds is 9. The zero-order valence-electron chi connectivity index (χ0n) is 19.9. The summed E-state index contributed by atoms with van der Waals surface area (Å²) in [6.45, 7) is 1.19. The Hall–Kier alpha value is -2.46. The molecule has 0 spiro atoms. The number of amides is 2. The Labute approximate surface area is 214 Å². The second kappa shape index (κ2) is 12.0. The predicted molar refractivity (Wildman–Crippen MR) is 138 cm³/mol. The number of halogens is 2. The molecule has 0 saturated heterocycles. The van der Waals surface area contributed by atoms with Gasteiger partial charge in [0, 0.05) is 17.1 Å². The fourth-order valence-electron chi connectivity index (χ4n) is 4.18. The minimum absolute atomic E-state index is 0.0362. The van der Waals surface area contributed by atoms with E-state index >= 15 is 0 Å². The van der Waals surface area contributed by atoms with Crippen LogP contribution in [0, 0.1) is 5.82 Å². The Morgan fingerprint density at radius 1 is 1.11 bits per heavy atom. The number of sulfonamides is 1. The van der Waals surface area contributed by atoms with Gasteiger partial charge in [0.15, 0.2) is 0 Å². The maximum Gasteiger partial charge on any atom is 0.244 e. The molecule has 1 aliphatic rings. The molecule has 0 aromatic heterocycles. The van der Waals surface area contributed by atoms with Crippen LogP contribution in [0.15, 0.2) is 53.0 Å². The molecule has 0 unspecified atom stereocenters. The molecule has 10 heteroatoms. The molecule has 1 atom stereocenters. The molecule has 2 aromatic rings. The number of hydrogen-bond donors (Lipinski definition) is 1. The Balaban J connectivity index is 1.86. The minimum Gasteiger partial charge on any atom is -0.352 e. The average molecular weight is 569 g/mol. The third kappa shape index (κ3) is 7.76. The summed E-state index contributed by atoms with van der Waals surface area (Å²) in [5.41, 5.74) is 0.960. The Morgan fingerprint density at radius 3 is 2.37 bits per heavy atom. The van der Waals surface area contributed by atoms with Gasteiger partial charge in [0.2, 0.25) is 21.8 Å². The number of nitrogens with zero attached hydrogens (tertiary/aromatic N) is 2. The second-order valence-corrected chi connectivity index (χ2v) is 11.7. The lowest BCUT2D eigenvalue weighted by Gasteiger charge is -2.33. The van der Waals surface area contributed by atoms with Gasteiger partial charge < -0.3 is 10.2 Å². The maximum absolute atomic E-state index is 13.5. The number of carbonyl (C=O) groups excluding carboxylic acids is 2. The molecular formula is C25H31BrFN3O4S. The number of nitrogens with one attached hydrogen (secondary N) is 1. The minimum atomic E-state index is -3.80. The lowest BCUT2D eigenvalue weighted by atomic mass is 9.95. The smallest absolute Gasteiger partial charge is 0.244 e. The van der Waals surface area contributed by atoms with Crippen molar-refractivity contribution in [2.45, 2.75) is 57.7 Å². The highest BCUT2D eigenvalue weighted by Gasteiger charge is 2.31. The van der Waals surface area contributed by atoms with Crippen LogP contribution in [0.3, 0.4) is 0 Å². The van der Waals surface area contributed by atoms with E-state index in [2.05, 4.69) is 21.2 Å². The number of carbonyl (C=O) groups is 2. The summed E-state index contributed by atoms with van der Waals surface area (Å²) in [7, 11) is -3.80. The molecule has 0 radical (unpaired) electrons.